The second-order valence-electron chi connectivity index (χ2n) is 14.6. The van der Waals surface area contributed by atoms with E-state index in [0.29, 0.717) is 11.0 Å². The number of benzene rings is 2. The standard InChI is InChI=1S/C27H44O.C8H11NO3.C6H5Br/c1-19(2)8-6-9-21(4)25-15-16-26-22(10-7-17-27(25,26)5)12-13-23-18-24(28)14-11-20(23)3;9-4-8(12)5-1-2-6(10)7(11)3-5;7-6-4-2-1-3-5-6/h12-13,19,21,24-26,28H,3,6-11,14-18H2,1-2,4-5H3;1-3,8,10-12H,4,9H2;1-5H/b22-12+,23-13-;;/t21-,24+,25-,26+,27-;8-;/m10./s1. The summed E-state index contributed by atoms with van der Waals surface area (Å²) in [6.07, 6.45) is 17.4. The fourth-order valence-corrected chi connectivity index (χ4v) is 8.26. The number of phenols is 2. The summed E-state index contributed by atoms with van der Waals surface area (Å²) in [5.74, 6) is 2.91. The number of aromatic hydroxyl groups is 2. The Morgan fingerprint density at radius 2 is 1.70 bits per heavy atom. The molecule has 3 fully saturated rings. The van der Waals surface area contributed by atoms with E-state index in [1.807, 2.05) is 30.3 Å². The molecule has 0 spiro atoms. The highest BCUT2D eigenvalue weighted by Gasteiger charge is 2.50. The first-order valence-electron chi connectivity index (χ1n) is 17.7. The summed E-state index contributed by atoms with van der Waals surface area (Å²) in [5, 5.41) is 37.2. The molecule has 5 nitrogen and oxygen atoms in total. The lowest BCUT2D eigenvalue weighted by molar-refractivity contribution is 0.0928. The van der Waals surface area contributed by atoms with Crippen LogP contribution in [0.3, 0.4) is 0 Å². The van der Waals surface area contributed by atoms with Crippen LogP contribution in [0.4, 0.5) is 0 Å². The molecule has 6 heteroatoms. The summed E-state index contributed by atoms with van der Waals surface area (Å²) in [5.41, 5.74) is 10.4. The number of aliphatic hydroxyl groups excluding tert-OH is 2. The molecule has 0 unspecified atom stereocenters. The minimum atomic E-state index is -0.795. The molecule has 47 heavy (non-hydrogen) atoms. The zero-order chi connectivity index (χ0) is 34.6. The first-order chi connectivity index (χ1) is 22.3. The number of nitrogens with two attached hydrogens (primary N) is 1. The molecule has 0 aromatic heterocycles. The van der Waals surface area contributed by atoms with E-state index in [2.05, 4.69) is 62.4 Å². The van der Waals surface area contributed by atoms with E-state index in [4.69, 9.17) is 15.9 Å². The molecule has 0 bridgehead atoms. The summed E-state index contributed by atoms with van der Waals surface area (Å²) in [6, 6.07) is 14.1. The maximum Gasteiger partial charge on any atom is 0.157 e. The van der Waals surface area contributed by atoms with Gasteiger partial charge in [0.2, 0.25) is 0 Å². The normalized spacial score (nSPS) is 27.0. The Hall–Kier alpha value is -2.38. The highest BCUT2D eigenvalue weighted by Crippen LogP contribution is 2.60. The number of rotatable bonds is 8. The van der Waals surface area contributed by atoms with Crippen LogP contribution >= 0.6 is 15.9 Å². The van der Waals surface area contributed by atoms with Crippen LogP contribution in [0.1, 0.15) is 110 Å². The van der Waals surface area contributed by atoms with Crippen LogP contribution in [-0.4, -0.2) is 33.1 Å². The Labute approximate surface area is 292 Å². The molecule has 6 atom stereocenters. The van der Waals surface area contributed by atoms with Gasteiger partial charge < -0.3 is 26.2 Å². The Morgan fingerprint density at radius 3 is 2.32 bits per heavy atom. The molecular weight excluding hydrogens is 650 g/mol. The van der Waals surface area contributed by atoms with Crippen LogP contribution in [0.25, 0.3) is 0 Å². The lowest BCUT2D eigenvalue weighted by Crippen LogP contribution is -2.36. The topological polar surface area (TPSA) is 107 Å². The maximum absolute atomic E-state index is 10.0. The molecule has 5 rings (SSSR count). The third kappa shape index (κ3) is 11.6. The van der Waals surface area contributed by atoms with E-state index in [0.717, 1.165) is 47.4 Å². The van der Waals surface area contributed by atoms with Crippen molar-refractivity contribution in [2.75, 3.05) is 6.54 Å². The van der Waals surface area contributed by atoms with Gasteiger partial charge in [-0.05, 0) is 116 Å². The minimum absolute atomic E-state index is 0.0875. The van der Waals surface area contributed by atoms with Gasteiger partial charge in [0.15, 0.2) is 11.5 Å². The summed E-state index contributed by atoms with van der Waals surface area (Å²) in [4.78, 5) is 0. The second-order valence-corrected chi connectivity index (χ2v) is 15.5. The lowest BCUT2D eigenvalue weighted by atomic mass is 9.60. The van der Waals surface area contributed by atoms with Crippen molar-refractivity contribution in [1.82, 2.24) is 0 Å². The van der Waals surface area contributed by atoms with Crippen LogP contribution in [0.2, 0.25) is 0 Å². The lowest BCUT2D eigenvalue weighted by Gasteiger charge is -2.44. The summed E-state index contributed by atoms with van der Waals surface area (Å²) < 4.78 is 1.13. The van der Waals surface area contributed by atoms with Gasteiger partial charge in [-0.2, -0.15) is 0 Å². The van der Waals surface area contributed by atoms with Gasteiger partial charge in [0.1, 0.15) is 0 Å². The van der Waals surface area contributed by atoms with Crippen LogP contribution < -0.4 is 5.73 Å². The largest absolute Gasteiger partial charge is 0.504 e. The van der Waals surface area contributed by atoms with Crippen molar-refractivity contribution in [3.63, 3.8) is 0 Å². The molecule has 0 amide bonds. The average molecular weight is 711 g/mol. The fourth-order valence-electron chi connectivity index (χ4n) is 7.96. The Bertz CT molecular complexity index is 1320. The van der Waals surface area contributed by atoms with E-state index in [1.54, 1.807) is 5.57 Å². The van der Waals surface area contributed by atoms with Crippen LogP contribution in [0.15, 0.2) is 88.5 Å². The minimum Gasteiger partial charge on any atom is -0.504 e. The first-order valence-corrected chi connectivity index (χ1v) is 18.5. The number of halogens is 1. The fraction of sp³-hybridized carbons (Fsp3) is 0.561. The van der Waals surface area contributed by atoms with Gasteiger partial charge in [0, 0.05) is 11.0 Å². The SMILES string of the molecule is Brc1ccccc1.C=C1CC[C@H](O)C/C1=C/C=C1\CCC[C@]2(C)[C@@H]([C@H](C)CCCC(C)C)CC[C@@H]12.NC[C@H](O)c1ccc(O)c(O)c1. The van der Waals surface area contributed by atoms with Gasteiger partial charge in [0.25, 0.3) is 0 Å². The smallest absolute Gasteiger partial charge is 0.157 e. The molecule has 3 aliphatic rings. The number of fused-ring (bicyclic) bond motifs is 1. The predicted octanol–water partition coefficient (Wildman–Crippen LogP) is 10.2. The van der Waals surface area contributed by atoms with Crippen molar-refractivity contribution < 1.29 is 20.4 Å². The number of allylic oxidation sites excluding steroid dienone is 4. The molecule has 0 saturated heterocycles. The van der Waals surface area contributed by atoms with E-state index in [9.17, 15) is 10.2 Å². The third-order valence-corrected chi connectivity index (χ3v) is 11.2. The van der Waals surface area contributed by atoms with Crippen molar-refractivity contribution in [2.45, 2.75) is 111 Å². The Morgan fingerprint density at radius 1 is 0.979 bits per heavy atom. The molecule has 3 aliphatic carbocycles. The van der Waals surface area contributed by atoms with Crippen molar-refractivity contribution >= 4 is 15.9 Å². The second kappa shape index (κ2) is 19.0. The summed E-state index contributed by atoms with van der Waals surface area (Å²) in [7, 11) is 0. The van der Waals surface area contributed by atoms with Gasteiger partial charge in [-0.15, -0.1) is 0 Å². The van der Waals surface area contributed by atoms with Crippen molar-refractivity contribution in [1.29, 1.82) is 0 Å². The molecule has 6 N–H and O–H groups in total. The summed E-state index contributed by atoms with van der Waals surface area (Å²) in [6.45, 7) is 14.2. The number of phenolic OH excluding ortho intramolecular Hbond substituents is 2. The van der Waals surface area contributed by atoms with Crippen molar-refractivity contribution in [2.24, 2.45) is 34.8 Å². The van der Waals surface area contributed by atoms with E-state index < -0.39 is 6.10 Å². The van der Waals surface area contributed by atoms with E-state index in [-0.39, 0.29) is 24.1 Å². The van der Waals surface area contributed by atoms with Crippen LogP contribution in [0.5, 0.6) is 11.5 Å². The van der Waals surface area contributed by atoms with Crippen molar-refractivity contribution in [3.8, 4) is 11.5 Å². The zero-order valence-corrected chi connectivity index (χ0v) is 30.8. The first kappa shape index (κ1) is 39.1. The molecule has 3 saturated carbocycles. The molecule has 2 aromatic carbocycles. The van der Waals surface area contributed by atoms with Gasteiger partial charge in [-0.25, -0.2) is 0 Å². The van der Waals surface area contributed by atoms with Gasteiger partial charge in [-0.3, -0.25) is 0 Å². The predicted molar refractivity (Wildman–Crippen MR) is 199 cm³/mol. The highest BCUT2D eigenvalue weighted by atomic mass is 79.9. The monoisotopic (exact) mass is 709 g/mol. The quantitative estimate of drug-likeness (QED) is 0.175. The van der Waals surface area contributed by atoms with Gasteiger partial charge in [0.05, 0.1) is 12.2 Å². The van der Waals surface area contributed by atoms with E-state index >= 15 is 0 Å². The van der Waals surface area contributed by atoms with Gasteiger partial charge in [-0.1, -0.05) is 117 Å². The number of hydrogen-bond acceptors (Lipinski definition) is 5. The number of hydrogen-bond donors (Lipinski definition) is 5. The molecule has 2 aromatic rings. The highest BCUT2D eigenvalue weighted by molar-refractivity contribution is 9.10. The van der Waals surface area contributed by atoms with E-state index in [1.165, 1.54) is 80.7 Å². The molecule has 260 valence electrons. The molecule has 0 aliphatic heterocycles. The maximum atomic E-state index is 10.0. The Balaban J connectivity index is 0.000000257. The molecular formula is C41H60BrNO4. The average Bonchev–Trinajstić information content (AvgIpc) is 3.41. The summed E-state index contributed by atoms with van der Waals surface area (Å²) >= 11 is 3.31. The van der Waals surface area contributed by atoms with Gasteiger partial charge >= 0.3 is 0 Å². The zero-order valence-electron chi connectivity index (χ0n) is 29.2. The Kier molecular flexibility index (Phi) is 15.8. The van der Waals surface area contributed by atoms with Crippen LogP contribution in [-0.2, 0) is 0 Å². The third-order valence-electron chi connectivity index (χ3n) is 10.7. The molecule has 0 heterocycles. The van der Waals surface area contributed by atoms with Crippen LogP contribution in [0, 0.1) is 29.1 Å². The van der Waals surface area contributed by atoms with Crippen molar-refractivity contribution in [3.05, 3.63) is 94.0 Å². The molecule has 0 radical (unpaired) electrons. The number of aliphatic hydroxyl groups is 2.